The van der Waals surface area contributed by atoms with Crippen LogP contribution >= 0.6 is 0 Å². The average Bonchev–Trinajstić information content (AvgIpc) is 2.53. The highest BCUT2D eigenvalue weighted by Gasteiger charge is 2.27. The van der Waals surface area contributed by atoms with Crippen LogP contribution in [0.3, 0.4) is 0 Å². The zero-order chi connectivity index (χ0) is 17.6. The van der Waals surface area contributed by atoms with E-state index in [-0.39, 0.29) is 18.2 Å². The predicted octanol–water partition coefficient (Wildman–Crippen LogP) is 2.38. The third-order valence-corrected chi connectivity index (χ3v) is 4.02. The monoisotopic (exact) mass is 339 g/mol. The molecule has 7 nitrogen and oxygen atoms in total. The molecule has 2 heterocycles. The van der Waals surface area contributed by atoms with Crippen LogP contribution in [0.2, 0.25) is 0 Å². The summed E-state index contributed by atoms with van der Waals surface area (Å²) in [4.78, 5) is 25.7. The molecule has 2 rings (SSSR count). The Hall–Kier alpha value is -1.76. The van der Waals surface area contributed by atoms with Gasteiger partial charge in [-0.2, -0.15) is 0 Å². The molecule has 0 radical (unpaired) electrons. The van der Waals surface area contributed by atoms with E-state index in [2.05, 4.69) is 10.6 Å². The van der Waals surface area contributed by atoms with Crippen LogP contribution in [0.4, 0.5) is 9.59 Å². The number of amides is 3. The number of nitrogens with zero attached hydrogens (tertiary/aromatic N) is 1. The molecule has 2 aliphatic rings. The summed E-state index contributed by atoms with van der Waals surface area (Å²) in [5.41, 5.74) is 0.722. The van der Waals surface area contributed by atoms with Crippen LogP contribution in [0.1, 0.15) is 46.5 Å². The molecule has 24 heavy (non-hydrogen) atoms. The Morgan fingerprint density at radius 1 is 1.21 bits per heavy atom. The lowest BCUT2D eigenvalue weighted by molar-refractivity contribution is 0.0201. The highest BCUT2D eigenvalue weighted by atomic mass is 16.6. The molecular formula is C17H29N3O4. The Morgan fingerprint density at radius 3 is 2.42 bits per heavy atom. The first kappa shape index (κ1) is 18.6. The molecule has 0 aromatic rings. The van der Waals surface area contributed by atoms with E-state index in [4.69, 9.17) is 9.47 Å². The fourth-order valence-corrected chi connectivity index (χ4v) is 2.71. The SMILES string of the molecule is CC(C)(C)OC(=O)N1CCC(NC(=O)NC=C2CCOCC2)CC1. The first-order chi connectivity index (χ1) is 11.3. The van der Waals surface area contributed by atoms with Crippen LogP contribution in [-0.4, -0.2) is 55.0 Å². The van der Waals surface area contributed by atoms with E-state index in [0.29, 0.717) is 13.1 Å². The Morgan fingerprint density at radius 2 is 1.83 bits per heavy atom. The molecule has 0 aliphatic carbocycles. The van der Waals surface area contributed by atoms with E-state index < -0.39 is 5.60 Å². The van der Waals surface area contributed by atoms with Gasteiger partial charge < -0.3 is 25.0 Å². The van der Waals surface area contributed by atoms with Gasteiger partial charge in [-0.05, 0) is 52.0 Å². The quantitative estimate of drug-likeness (QED) is 0.809. The number of likely N-dealkylation sites (tertiary alicyclic amines) is 1. The average molecular weight is 339 g/mol. The highest BCUT2D eigenvalue weighted by Crippen LogP contribution is 2.15. The van der Waals surface area contributed by atoms with Crippen molar-refractivity contribution in [3.8, 4) is 0 Å². The number of piperidine rings is 1. The van der Waals surface area contributed by atoms with Crippen molar-refractivity contribution in [2.24, 2.45) is 0 Å². The lowest BCUT2D eigenvalue weighted by atomic mass is 10.1. The Labute approximate surface area is 143 Å². The van der Waals surface area contributed by atoms with E-state index in [9.17, 15) is 9.59 Å². The number of carbonyl (C=O) groups excluding carboxylic acids is 2. The van der Waals surface area contributed by atoms with Crippen LogP contribution < -0.4 is 10.6 Å². The zero-order valence-electron chi connectivity index (χ0n) is 14.9. The smallest absolute Gasteiger partial charge is 0.410 e. The minimum atomic E-state index is -0.482. The van der Waals surface area contributed by atoms with Crippen molar-refractivity contribution in [3.05, 3.63) is 11.8 Å². The molecule has 0 atom stereocenters. The Bertz CT molecular complexity index is 469. The molecule has 2 saturated heterocycles. The number of rotatable bonds is 2. The van der Waals surface area contributed by atoms with Gasteiger partial charge in [0.05, 0.1) is 13.2 Å². The fourth-order valence-electron chi connectivity index (χ4n) is 2.71. The normalized spacial score (nSPS) is 19.6. The molecule has 0 aromatic carbocycles. The number of hydrogen-bond donors (Lipinski definition) is 2. The molecule has 0 spiro atoms. The van der Waals surface area contributed by atoms with Crippen LogP contribution in [0.5, 0.6) is 0 Å². The van der Waals surface area contributed by atoms with E-state index >= 15 is 0 Å². The molecule has 7 heteroatoms. The second-order valence-electron chi connectivity index (χ2n) is 7.27. The van der Waals surface area contributed by atoms with Crippen molar-refractivity contribution in [2.75, 3.05) is 26.3 Å². The molecule has 2 fully saturated rings. The van der Waals surface area contributed by atoms with Gasteiger partial charge in [0.25, 0.3) is 0 Å². The number of carbonyl (C=O) groups is 2. The maximum Gasteiger partial charge on any atom is 0.410 e. The standard InChI is InChI=1S/C17H29N3O4/c1-17(2,3)24-16(22)20-8-4-14(5-9-20)19-15(21)18-12-13-6-10-23-11-7-13/h12,14H,4-11H2,1-3H3,(H2,18,19,21). The Balaban J connectivity index is 1.68. The summed E-state index contributed by atoms with van der Waals surface area (Å²) in [7, 11) is 0. The third kappa shape index (κ3) is 6.39. The summed E-state index contributed by atoms with van der Waals surface area (Å²) < 4.78 is 10.6. The summed E-state index contributed by atoms with van der Waals surface area (Å²) in [5, 5.41) is 5.75. The minimum Gasteiger partial charge on any atom is -0.444 e. The molecule has 0 bridgehead atoms. The number of hydrogen-bond acceptors (Lipinski definition) is 4. The molecule has 0 unspecified atom stereocenters. The van der Waals surface area contributed by atoms with Gasteiger partial charge in [-0.1, -0.05) is 0 Å². The van der Waals surface area contributed by atoms with Gasteiger partial charge in [-0.15, -0.1) is 0 Å². The van der Waals surface area contributed by atoms with Crippen molar-refractivity contribution >= 4 is 12.1 Å². The summed E-state index contributed by atoms with van der Waals surface area (Å²) in [6.07, 6.45) is 4.71. The number of nitrogens with one attached hydrogen (secondary N) is 2. The molecular weight excluding hydrogens is 310 g/mol. The van der Waals surface area contributed by atoms with Gasteiger partial charge in [-0.25, -0.2) is 9.59 Å². The summed E-state index contributed by atoms with van der Waals surface area (Å²) >= 11 is 0. The summed E-state index contributed by atoms with van der Waals surface area (Å²) in [6.45, 7) is 8.20. The lowest BCUT2D eigenvalue weighted by Crippen LogP contribution is -2.49. The largest absolute Gasteiger partial charge is 0.444 e. The van der Waals surface area contributed by atoms with Crippen LogP contribution in [0.15, 0.2) is 11.8 Å². The van der Waals surface area contributed by atoms with Crippen molar-refractivity contribution in [1.82, 2.24) is 15.5 Å². The molecule has 0 aromatic heterocycles. The molecule has 2 aliphatic heterocycles. The van der Waals surface area contributed by atoms with Crippen LogP contribution in [0.25, 0.3) is 0 Å². The molecule has 3 amide bonds. The van der Waals surface area contributed by atoms with Gasteiger partial charge in [0, 0.05) is 25.3 Å². The van der Waals surface area contributed by atoms with Crippen LogP contribution in [0, 0.1) is 0 Å². The van der Waals surface area contributed by atoms with E-state index in [1.165, 1.54) is 5.57 Å². The first-order valence-electron chi connectivity index (χ1n) is 8.64. The van der Waals surface area contributed by atoms with E-state index in [1.54, 1.807) is 11.1 Å². The van der Waals surface area contributed by atoms with Crippen molar-refractivity contribution < 1.29 is 19.1 Å². The van der Waals surface area contributed by atoms with Gasteiger partial charge in [0.2, 0.25) is 0 Å². The maximum atomic E-state index is 12.0. The van der Waals surface area contributed by atoms with Crippen molar-refractivity contribution in [2.45, 2.75) is 58.1 Å². The first-order valence-corrected chi connectivity index (χ1v) is 8.64. The van der Waals surface area contributed by atoms with Gasteiger partial charge in [-0.3, -0.25) is 0 Å². The molecule has 2 N–H and O–H groups in total. The van der Waals surface area contributed by atoms with E-state index in [1.807, 2.05) is 20.8 Å². The molecule has 136 valence electrons. The van der Waals surface area contributed by atoms with Gasteiger partial charge in [0.15, 0.2) is 0 Å². The third-order valence-electron chi connectivity index (χ3n) is 4.02. The zero-order valence-corrected chi connectivity index (χ0v) is 14.9. The summed E-state index contributed by atoms with van der Waals surface area (Å²) in [6, 6.07) is -0.110. The van der Waals surface area contributed by atoms with E-state index in [0.717, 1.165) is 38.9 Å². The number of urea groups is 1. The van der Waals surface area contributed by atoms with Crippen LogP contribution in [-0.2, 0) is 9.47 Å². The van der Waals surface area contributed by atoms with Crippen molar-refractivity contribution in [1.29, 1.82) is 0 Å². The van der Waals surface area contributed by atoms with Gasteiger partial charge >= 0.3 is 12.1 Å². The van der Waals surface area contributed by atoms with Crippen molar-refractivity contribution in [3.63, 3.8) is 0 Å². The molecule has 0 saturated carbocycles. The fraction of sp³-hybridized carbons (Fsp3) is 0.765. The predicted molar refractivity (Wildman–Crippen MR) is 90.6 cm³/mol. The Kier molecular flexibility index (Phi) is 6.48. The second kappa shape index (κ2) is 8.37. The maximum absolute atomic E-state index is 12.0. The minimum absolute atomic E-state index is 0.0803. The highest BCUT2D eigenvalue weighted by molar-refractivity contribution is 5.75. The van der Waals surface area contributed by atoms with Gasteiger partial charge in [0.1, 0.15) is 5.60 Å². The summed E-state index contributed by atoms with van der Waals surface area (Å²) in [5.74, 6) is 0. The second-order valence-corrected chi connectivity index (χ2v) is 7.27. The number of ether oxygens (including phenoxy) is 2. The topological polar surface area (TPSA) is 79.9 Å². The lowest BCUT2D eigenvalue weighted by Gasteiger charge is -2.33.